The number of hydrogen-bond donors (Lipinski definition) is 1. The van der Waals surface area contributed by atoms with Gasteiger partial charge in [-0.05, 0) is 47.2 Å². The molecule has 0 unspecified atom stereocenters. The number of fused-ring (bicyclic) bond motifs is 1. The van der Waals surface area contributed by atoms with Gasteiger partial charge in [0.25, 0.3) is 0 Å². The maximum Gasteiger partial charge on any atom is 0.309 e. The number of methoxy groups -OCH3 is 1. The molecule has 0 spiro atoms. The second-order valence-corrected chi connectivity index (χ2v) is 8.81. The quantitative estimate of drug-likeness (QED) is 0.588. The standard InChI is InChI=1S/C24H24ClNO3/c1-24(2)13-20-23(16-6-10-18(29-3)11-7-16)22(15-4-8-17(25)9-5-15)19(12-21(27)28)26(20)14-24/h4-11H,12-14H2,1-3H3,(H,27,28). The topological polar surface area (TPSA) is 51.5 Å². The van der Waals surface area contributed by atoms with Crippen LogP contribution >= 0.6 is 11.6 Å². The molecule has 0 amide bonds. The van der Waals surface area contributed by atoms with Crippen LogP contribution in [0.4, 0.5) is 0 Å². The van der Waals surface area contributed by atoms with Gasteiger partial charge in [0, 0.05) is 34.1 Å². The van der Waals surface area contributed by atoms with Crippen LogP contribution in [0.5, 0.6) is 5.75 Å². The summed E-state index contributed by atoms with van der Waals surface area (Å²) in [5.74, 6) is -0.0322. The third-order valence-corrected chi connectivity index (χ3v) is 5.79. The number of benzene rings is 2. The fourth-order valence-corrected chi connectivity index (χ4v) is 4.48. The highest BCUT2D eigenvalue weighted by Crippen LogP contribution is 2.47. The van der Waals surface area contributed by atoms with Crippen molar-refractivity contribution in [2.24, 2.45) is 5.41 Å². The number of nitrogens with zero attached hydrogens (tertiary/aromatic N) is 1. The molecule has 0 saturated carbocycles. The van der Waals surface area contributed by atoms with Crippen molar-refractivity contribution in [1.82, 2.24) is 4.57 Å². The van der Waals surface area contributed by atoms with Gasteiger partial charge in [-0.1, -0.05) is 49.7 Å². The Morgan fingerprint density at radius 3 is 2.24 bits per heavy atom. The van der Waals surface area contributed by atoms with E-state index in [-0.39, 0.29) is 11.8 Å². The lowest BCUT2D eigenvalue weighted by Crippen LogP contribution is -2.15. The van der Waals surface area contributed by atoms with Crippen LogP contribution in [-0.4, -0.2) is 22.8 Å². The molecule has 0 fully saturated rings. The summed E-state index contributed by atoms with van der Waals surface area (Å²) in [4.78, 5) is 11.7. The van der Waals surface area contributed by atoms with Crippen molar-refractivity contribution in [2.45, 2.75) is 33.2 Å². The number of rotatable bonds is 5. The first-order chi connectivity index (χ1) is 13.8. The molecule has 1 aliphatic rings. The summed E-state index contributed by atoms with van der Waals surface area (Å²) < 4.78 is 7.54. The number of halogens is 1. The molecule has 4 nitrogen and oxygen atoms in total. The number of ether oxygens (including phenoxy) is 1. The Balaban J connectivity index is 2.00. The van der Waals surface area contributed by atoms with Gasteiger partial charge in [0.2, 0.25) is 0 Å². The molecule has 4 rings (SSSR count). The van der Waals surface area contributed by atoms with Crippen LogP contribution in [-0.2, 0) is 24.2 Å². The monoisotopic (exact) mass is 409 g/mol. The molecule has 0 aliphatic carbocycles. The highest BCUT2D eigenvalue weighted by atomic mass is 35.5. The van der Waals surface area contributed by atoms with Gasteiger partial charge < -0.3 is 14.4 Å². The average molecular weight is 410 g/mol. The van der Waals surface area contributed by atoms with E-state index in [9.17, 15) is 9.90 Å². The highest BCUT2D eigenvalue weighted by molar-refractivity contribution is 6.30. The predicted molar refractivity (Wildman–Crippen MR) is 116 cm³/mol. The van der Waals surface area contributed by atoms with Gasteiger partial charge in [0.1, 0.15) is 5.75 Å². The van der Waals surface area contributed by atoms with Crippen LogP contribution in [0.2, 0.25) is 5.02 Å². The fraction of sp³-hybridized carbons (Fsp3) is 0.292. The van der Waals surface area contributed by atoms with E-state index in [0.717, 1.165) is 46.7 Å². The van der Waals surface area contributed by atoms with Crippen LogP contribution < -0.4 is 4.74 Å². The van der Waals surface area contributed by atoms with Gasteiger partial charge in [0.05, 0.1) is 13.5 Å². The minimum Gasteiger partial charge on any atom is -0.497 e. The third-order valence-electron chi connectivity index (χ3n) is 5.54. The average Bonchev–Trinajstić information content (AvgIpc) is 3.13. The lowest BCUT2D eigenvalue weighted by atomic mass is 9.86. The molecule has 0 atom stereocenters. The summed E-state index contributed by atoms with van der Waals surface area (Å²) in [5, 5.41) is 10.3. The van der Waals surface area contributed by atoms with Crippen molar-refractivity contribution < 1.29 is 14.6 Å². The van der Waals surface area contributed by atoms with Crippen LogP contribution in [0.15, 0.2) is 48.5 Å². The van der Waals surface area contributed by atoms with Gasteiger partial charge in [-0.15, -0.1) is 0 Å². The Kier molecular flexibility index (Phi) is 4.91. The summed E-state index contributed by atoms with van der Waals surface area (Å²) in [5.41, 5.74) is 6.27. The van der Waals surface area contributed by atoms with Gasteiger partial charge >= 0.3 is 5.97 Å². The summed E-state index contributed by atoms with van der Waals surface area (Å²) in [6.45, 7) is 5.26. The zero-order chi connectivity index (χ0) is 20.8. The maximum absolute atomic E-state index is 11.7. The molecule has 2 heterocycles. The molecule has 0 bridgehead atoms. The molecule has 1 aromatic heterocycles. The SMILES string of the molecule is COc1ccc(-c2c(-c3ccc(Cl)cc3)c(CC(=O)O)n3c2CC(C)(C)C3)cc1. The molecule has 29 heavy (non-hydrogen) atoms. The molecular weight excluding hydrogens is 386 g/mol. The molecule has 1 aliphatic heterocycles. The van der Waals surface area contributed by atoms with E-state index in [2.05, 4.69) is 18.4 Å². The van der Waals surface area contributed by atoms with Crippen LogP contribution in [0.1, 0.15) is 25.2 Å². The van der Waals surface area contributed by atoms with E-state index in [1.807, 2.05) is 48.5 Å². The summed E-state index contributed by atoms with van der Waals surface area (Å²) in [6, 6.07) is 15.6. The Hall–Kier alpha value is -2.72. The Labute approximate surface area is 175 Å². The number of hydrogen-bond acceptors (Lipinski definition) is 2. The van der Waals surface area contributed by atoms with E-state index < -0.39 is 5.97 Å². The molecule has 1 N–H and O–H groups in total. The minimum absolute atomic E-state index is 0.0167. The van der Waals surface area contributed by atoms with Crippen molar-refractivity contribution in [3.63, 3.8) is 0 Å². The van der Waals surface area contributed by atoms with Crippen LogP contribution in [0, 0.1) is 5.41 Å². The molecule has 0 radical (unpaired) electrons. The highest BCUT2D eigenvalue weighted by Gasteiger charge is 2.36. The molecule has 150 valence electrons. The summed E-state index contributed by atoms with van der Waals surface area (Å²) in [6.07, 6.45) is 0.881. The first-order valence-electron chi connectivity index (χ1n) is 9.65. The molecule has 2 aromatic carbocycles. The molecule has 5 heteroatoms. The van der Waals surface area contributed by atoms with Gasteiger partial charge in [-0.2, -0.15) is 0 Å². The van der Waals surface area contributed by atoms with Crippen molar-refractivity contribution in [1.29, 1.82) is 0 Å². The molecular formula is C24H24ClNO3. The Morgan fingerprint density at radius 2 is 1.66 bits per heavy atom. The normalized spacial score (nSPS) is 14.6. The fourth-order valence-electron chi connectivity index (χ4n) is 4.36. The van der Waals surface area contributed by atoms with Gasteiger partial charge in [0.15, 0.2) is 0 Å². The van der Waals surface area contributed by atoms with E-state index in [1.165, 1.54) is 5.69 Å². The van der Waals surface area contributed by atoms with E-state index in [0.29, 0.717) is 5.02 Å². The smallest absolute Gasteiger partial charge is 0.309 e. The van der Waals surface area contributed by atoms with Crippen molar-refractivity contribution in [2.75, 3.05) is 7.11 Å². The predicted octanol–water partition coefficient (Wildman–Crippen LogP) is 5.69. The largest absolute Gasteiger partial charge is 0.497 e. The van der Waals surface area contributed by atoms with Crippen molar-refractivity contribution in [3.8, 4) is 28.0 Å². The molecule has 0 saturated heterocycles. The zero-order valence-electron chi connectivity index (χ0n) is 16.8. The second kappa shape index (κ2) is 7.27. The summed E-state index contributed by atoms with van der Waals surface area (Å²) in [7, 11) is 1.65. The van der Waals surface area contributed by atoms with Crippen molar-refractivity contribution >= 4 is 17.6 Å². The van der Waals surface area contributed by atoms with E-state index in [1.54, 1.807) is 7.11 Å². The number of aromatic nitrogens is 1. The Morgan fingerprint density at radius 1 is 1.07 bits per heavy atom. The Bertz CT molecular complexity index is 1060. The maximum atomic E-state index is 11.7. The van der Waals surface area contributed by atoms with Crippen LogP contribution in [0.25, 0.3) is 22.3 Å². The third kappa shape index (κ3) is 3.65. The molecule has 3 aromatic rings. The number of carbonyl (C=O) groups is 1. The second-order valence-electron chi connectivity index (χ2n) is 8.38. The number of carboxylic acids is 1. The van der Waals surface area contributed by atoms with Crippen molar-refractivity contribution in [3.05, 3.63) is 64.9 Å². The van der Waals surface area contributed by atoms with E-state index in [4.69, 9.17) is 16.3 Å². The zero-order valence-corrected chi connectivity index (χ0v) is 17.6. The first-order valence-corrected chi connectivity index (χ1v) is 10.0. The minimum atomic E-state index is -0.827. The van der Waals surface area contributed by atoms with Gasteiger partial charge in [-0.25, -0.2) is 0 Å². The number of carboxylic acid groups (broad SMARTS) is 1. The van der Waals surface area contributed by atoms with Crippen LogP contribution in [0.3, 0.4) is 0 Å². The summed E-state index contributed by atoms with van der Waals surface area (Å²) >= 11 is 6.11. The van der Waals surface area contributed by atoms with E-state index >= 15 is 0 Å². The first kappa shape index (κ1) is 19.6. The van der Waals surface area contributed by atoms with Gasteiger partial charge in [-0.3, -0.25) is 4.79 Å². The number of aliphatic carboxylic acids is 1. The lowest BCUT2D eigenvalue weighted by molar-refractivity contribution is -0.136. The lowest BCUT2D eigenvalue weighted by Gasteiger charge is -2.18.